The van der Waals surface area contributed by atoms with Gasteiger partial charge in [-0.15, -0.1) is 0 Å². The highest BCUT2D eigenvalue weighted by Crippen LogP contribution is 2.26. The lowest BCUT2D eigenvalue weighted by atomic mass is 9.96. The van der Waals surface area contributed by atoms with Crippen molar-refractivity contribution in [3.8, 4) is 5.75 Å². The first-order valence-corrected chi connectivity index (χ1v) is 5.51. The van der Waals surface area contributed by atoms with Crippen LogP contribution in [0.5, 0.6) is 5.75 Å². The normalized spacial score (nSPS) is 11.9. The fourth-order valence-corrected chi connectivity index (χ4v) is 1.50. The van der Waals surface area contributed by atoms with Gasteiger partial charge in [0.25, 0.3) is 0 Å². The molecule has 4 nitrogen and oxygen atoms in total. The van der Waals surface area contributed by atoms with Crippen LogP contribution in [0.15, 0.2) is 18.2 Å². The minimum atomic E-state index is -1.09. The summed E-state index contributed by atoms with van der Waals surface area (Å²) in [6, 6.07) is 4.89. The standard InChI is InChI=1S/C13H16O4/c1-4-8(2)10-5-6-12(17-9(3)14)11(7-10)13(15)16/h5-8H,4H2,1-3H3,(H,15,16)/t8-/m1/s1. The first kappa shape index (κ1) is 13.2. The predicted octanol–water partition coefficient (Wildman–Crippen LogP) is 2.82. The van der Waals surface area contributed by atoms with E-state index in [1.165, 1.54) is 13.0 Å². The van der Waals surface area contributed by atoms with Crippen LogP contribution >= 0.6 is 0 Å². The molecule has 0 radical (unpaired) electrons. The minimum absolute atomic E-state index is 0.0259. The van der Waals surface area contributed by atoms with E-state index in [0.717, 1.165) is 12.0 Å². The zero-order chi connectivity index (χ0) is 13.0. The molecule has 4 heteroatoms. The fourth-order valence-electron chi connectivity index (χ4n) is 1.50. The Balaban J connectivity index is 3.17. The Hall–Kier alpha value is -1.84. The summed E-state index contributed by atoms with van der Waals surface area (Å²) in [5.74, 6) is -1.24. The van der Waals surface area contributed by atoms with Crippen molar-refractivity contribution in [2.45, 2.75) is 33.1 Å². The van der Waals surface area contributed by atoms with Crippen LogP contribution in [0.1, 0.15) is 49.0 Å². The molecule has 1 rings (SSSR count). The van der Waals surface area contributed by atoms with Crippen LogP contribution in [0.25, 0.3) is 0 Å². The number of rotatable bonds is 4. The average molecular weight is 236 g/mol. The number of hydrogen-bond acceptors (Lipinski definition) is 3. The van der Waals surface area contributed by atoms with Gasteiger partial charge in [-0.05, 0) is 30.0 Å². The molecule has 1 aromatic rings. The highest BCUT2D eigenvalue weighted by Gasteiger charge is 2.15. The first-order chi connectivity index (χ1) is 7.95. The quantitative estimate of drug-likeness (QED) is 0.645. The molecule has 0 bridgehead atoms. The third-order valence-electron chi connectivity index (χ3n) is 2.67. The highest BCUT2D eigenvalue weighted by atomic mass is 16.5. The van der Waals surface area contributed by atoms with Gasteiger partial charge in [0.15, 0.2) is 0 Å². The molecule has 1 atom stereocenters. The zero-order valence-corrected chi connectivity index (χ0v) is 10.2. The zero-order valence-electron chi connectivity index (χ0n) is 10.2. The van der Waals surface area contributed by atoms with Crippen molar-refractivity contribution >= 4 is 11.9 Å². The Labute approximate surface area is 100 Å². The van der Waals surface area contributed by atoms with Crippen molar-refractivity contribution in [3.63, 3.8) is 0 Å². The average Bonchev–Trinajstić information content (AvgIpc) is 2.27. The number of aromatic carboxylic acids is 1. The molecular weight excluding hydrogens is 220 g/mol. The molecule has 0 aromatic heterocycles. The summed E-state index contributed by atoms with van der Waals surface area (Å²) >= 11 is 0. The SMILES string of the molecule is CC[C@@H](C)c1ccc(OC(C)=O)c(C(=O)O)c1. The second kappa shape index (κ2) is 5.48. The van der Waals surface area contributed by atoms with E-state index in [4.69, 9.17) is 9.84 Å². The van der Waals surface area contributed by atoms with Crippen LogP contribution in [0, 0.1) is 0 Å². The number of esters is 1. The van der Waals surface area contributed by atoms with Gasteiger partial charge in [-0.1, -0.05) is 19.9 Å². The summed E-state index contributed by atoms with van der Waals surface area (Å²) in [6.07, 6.45) is 0.923. The van der Waals surface area contributed by atoms with Crippen molar-refractivity contribution in [2.75, 3.05) is 0 Å². The van der Waals surface area contributed by atoms with Crippen molar-refractivity contribution in [3.05, 3.63) is 29.3 Å². The summed E-state index contributed by atoms with van der Waals surface area (Å²) in [5.41, 5.74) is 0.957. The van der Waals surface area contributed by atoms with Crippen molar-refractivity contribution in [1.82, 2.24) is 0 Å². The minimum Gasteiger partial charge on any atom is -0.478 e. The van der Waals surface area contributed by atoms with Crippen LogP contribution < -0.4 is 4.74 Å². The molecule has 0 amide bonds. The second-order valence-corrected chi connectivity index (χ2v) is 3.96. The van der Waals surface area contributed by atoms with Gasteiger partial charge in [0, 0.05) is 6.92 Å². The lowest BCUT2D eigenvalue weighted by Gasteiger charge is -2.12. The van der Waals surface area contributed by atoms with Crippen LogP contribution in [-0.4, -0.2) is 17.0 Å². The highest BCUT2D eigenvalue weighted by molar-refractivity contribution is 5.92. The largest absolute Gasteiger partial charge is 0.478 e. The summed E-state index contributed by atoms with van der Waals surface area (Å²) in [7, 11) is 0. The first-order valence-electron chi connectivity index (χ1n) is 5.51. The van der Waals surface area contributed by atoms with Crippen molar-refractivity contribution in [2.24, 2.45) is 0 Å². The molecule has 0 fully saturated rings. The monoisotopic (exact) mass is 236 g/mol. The van der Waals surface area contributed by atoms with E-state index >= 15 is 0 Å². The number of ether oxygens (including phenoxy) is 1. The van der Waals surface area contributed by atoms with Gasteiger partial charge >= 0.3 is 11.9 Å². The molecule has 0 heterocycles. The molecule has 1 N–H and O–H groups in total. The van der Waals surface area contributed by atoms with Gasteiger partial charge in [-0.2, -0.15) is 0 Å². The molecule has 0 unspecified atom stereocenters. The van der Waals surface area contributed by atoms with Crippen LogP contribution in [0.4, 0.5) is 0 Å². The van der Waals surface area contributed by atoms with E-state index in [9.17, 15) is 9.59 Å². The third kappa shape index (κ3) is 3.31. The summed E-state index contributed by atoms with van der Waals surface area (Å²) in [4.78, 5) is 21.9. The van der Waals surface area contributed by atoms with E-state index < -0.39 is 11.9 Å². The number of carboxylic acid groups (broad SMARTS) is 1. The molecular formula is C13H16O4. The van der Waals surface area contributed by atoms with Crippen molar-refractivity contribution < 1.29 is 19.4 Å². The lowest BCUT2D eigenvalue weighted by molar-refractivity contribution is -0.131. The topological polar surface area (TPSA) is 63.6 Å². The van der Waals surface area contributed by atoms with Gasteiger partial charge in [0.2, 0.25) is 0 Å². The molecule has 17 heavy (non-hydrogen) atoms. The van der Waals surface area contributed by atoms with E-state index in [-0.39, 0.29) is 17.2 Å². The molecule has 0 saturated carbocycles. The molecule has 0 spiro atoms. The third-order valence-corrected chi connectivity index (χ3v) is 2.67. The maximum absolute atomic E-state index is 11.1. The number of hydrogen-bond donors (Lipinski definition) is 1. The maximum Gasteiger partial charge on any atom is 0.339 e. The summed E-state index contributed by atoms with van der Waals surface area (Å²) in [6.45, 7) is 5.30. The smallest absolute Gasteiger partial charge is 0.339 e. The van der Waals surface area contributed by atoms with Gasteiger partial charge in [-0.3, -0.25) is 4.79 Å². The maximum atomic E-state index is 11.1. The van der Waals surface area contributed by atoms with Crippen LogP contribution in [0.2, 0.25) is 0 Å². The molecule has 0 aliphatic heterocycles. The summed E-state index contributed by atoms with van der Waals surface area (Å²) < 4.78 is 4.86. The van der Waals surface area contributed by atoms with E-state index in [1.807, 2.05) is 13.8 Å². The van der Waals surface area contributed by atoms with Gasteiger partial charge in [0.05, 0.1) is 0 Å². The Morgan fingerprint density at radius 3 is 2.53 bits per heavy atom. The second-order valence-electron chi connectivity index (χ2n) is 3.96. The van der Waals surface area contributed by atoms with Crippen LogP contribution in [-0.2, 0) is 4.79 Å². The number of carboxylic acids is 1. The molecule has 92 valence electrons. The predicted molar refractivity (Wildman–Crippen MR) is 63.4 cm³/mol. The van der Waals surface area contributed by atoms with E-state index in [1.54, 1.807) is 12.1 Å². The Morgan fingerprint density at radius 1 is 1.41 bits per heavy atom. The lowest BCUT2D eigenvalue weighted by Crippen LogP contribution is -2.08. The van der Waals surface area contributed by atoms with E-state index in [0.29, 0.717) is 0 Å². The molecule has 0 aliphatic carbocycles. The molecule has 0 saturated heterocycles. The van der Waals surface area contributed by atoms with E-state index in [2.05, 4.69) is 0 Å². The Bertz CT molecular complexity index is 437. The Kier molecular flexibility index (Phi) is 4.26. The van der Waals surface area contributed by atoms with Gasteiger partial charge in [-0.25, -0.2) is 4.79 Å². The van der Waals surface area contributed by atoms with Gasteiger partial charge < -0.3 is 9.84 Å². The number of carbonyl (C=O) groups excluding carboxylic acids is 1. The fraction of sp³-hybridized carbons (Fsp3) is 0.385. The van der Waals surface area contributed by atoms with Gasteiger partial charge in [0.1, 0.15) is 11.3 Å². The molecule has 1 aromatic carbocycles. The number of benzene rings is 1. The molecule has 0 aliphatic rings. The van der Waals surface area contributed by atoms with Crippen LogP contribution in [0.3, 0.4) is 0 Å². The Morgan fingerprint density at radius 2 is 2.06 bits per heavy atom. The van der Waals surface area contributed by atoms with Crippen molar-refractivity contribution in [1.29, 1.82) is 0 Å². The summed E-state index contributed by atoms with van der Waals surface area (Å²) in [5, 5.41) is 9.07. The number of carbonyl (C=O) groups is 2.